The molecule has 0 N–H and O–H groups in total. The van der Waals surface area contributed by atoms with E-state index in [0.717, 1.165) is 0 Å². The van der Waals surface area contributed by atoms with Gasteiger partial charge >= 0.3 is 11.9 Å². The van der Waals surface area contributed by atoms with Crippen molar-refractivity contribution in [3.8, 4) is 0 Å². The fourth-order valence-electron chi connectivity index (χ4n) is 1.47. The fraction of sp³-hybridized carbons (Fsp3) is 0.875. The molecule has 0 aliphatic carbocycles. The minimum absolute atomic E-state index is 0.260. The van der Waals surface area contributed by atoms with Gasteiger partial charge in [0, 0.05) is 13.8 Å². The van der Waals surface area contributed by atoms with Crippen LogP contribution in [0.15, 0.2) is 0 Å². The number of carbonyl (C=O) groups is 2. The van der Waals surface area contributed by atoms with Crippen LogP contribution in [-0.4, -0.2) is 91.2 Å². The summed E-state index contributed by atoms with van der Waals surface area (Å²) in [5, 5.41) is 0. The molecule has 0 unspecified atom stereocenters. The molecule has 9 heteroatoms. The summed E-state index contributed by atoms with van der Waals surface area (Å²) >= 11 is 0. The van der Waals surface area contributed by atoms with Gasteiger partial charge in [0.25, 0.3) is 0 Å². The van der Waals surface area contributed by atoms with Crippen molar-refractivity contribution in [3.05, 3.63) is 0 Å². The Morgan fingerprint density at radius 3 is 0.840 bits per heavy atom. The van der Waals surface area contributed by atoms with Crippen LogP contribution in [-0.2, 0) is 42.7 Å². The molecule has 0 saturated carbocycles. The largest absolute Gasteiger partial charge is 0.463 e. The number of carbonyl (C=O) groups excluding carboxylic acids is 2. The van der Waals surface area contributed by atoms with Gasteiger partial charge in [-0.05, 0) is 0 Å². The van der Waals surface area contributed by atoms with E-state index >= 15 is 0 Å². The van der Waals surface area contributed by atoms with E-state index < -0.39 is 0 Å². The minimum atomic E-state index is -0.312. The van der Waals surface area contributed by atoms with Gasteiger partial charge in [-0.25, -0.2) is 0 Å². The molecular formula is C16H30O9. The zero-order valence-electron chi connectivity index (χ0n) is 15.2. The number of rotatable bonds is 18. The summed E-state index contributed by atoms with van der Waals surface area (Å²) in [7, 11) is 0. The first-order chi connectivity index (χ1) is 12.1. The predicted octanol–water partition coefficient (Wildman–Crippen LogP) is 0.196. The molecular weight excluding hydrogens is 336 g/mol. The van der Waals surface area contributed by atoms with E-state index in [1.807, 2.05) is 0 Å². The molecule has 25 heavy (non-hydrogen) atoms. The smallest absolute Gasteiger partial charge is 0.302 e. The molecule has 0 aromatic heterocycles. The van der Waals surface area contributed by atoms with Crippen molar-refractivity contribution < 1.29 is 42.7 Å². The van der Waals surface area contributed by atoms with Crippen LogP contribution in [0.25, 0.3) is 0 Å². The average molecular weight is 366 g/mol. The molecule has 9 nitrogen and oxygen atoms in total. The van der Waals surface area contributed by atoms with Crippen LogP contribution in [0.5, 0.6) is 0 Å². The van der Waals surface area contributed by atoms with Crippen LogP contribution in [0, 0.1) is 0 Å². The second kappa shape index (κ2) is 19.1. The van der Waals surface area contributed by atoms with Gasteiger partial charge in [0.05, 0.1) is 66.1 Å². The normalized spacial score (nSPS) is 10.6. The van der Waals surface area contributed by atoms with Gasteiger partial charge in [-0.1, -0.05) is 0 Å². The molecule has 0 fully saturated rings. The van der Waals surface area contributed by atoms with Gasteiger partial charge in [0.2, 0.25) is 0 Å². The van der Waals surface area contributed by atoms with Crippen LogP contribution in [0.3, 0.4) is 0 Å². The Hall–Kier alpha value is -1.26. The summed E-state index contributed by atoms with van der Waals surface area (Å²) in [4.78, 5) is 21.0. The monoisotopic (exact) mass is 366 g/mol. The minimum Gasteiger partial charge on any atom is -0.463 e. The summed E-state index contributed by atoms with van der Waals surface area (Å²) in [6.45, 7) is 7.70. The van der Waals surface area contributed by atoms with E-state index in [2.05, 4.69) is 0 Å². The van der Waals surface area contributed by atoms with E-state index in [4.69, 9.17) is 33.2 Å². The van der Waals surface area contributed by atoms with E-state index in [-0.39, 0.29) is 25.2 Å². The third-order valence-electron chi connectivity index (χ3n) is 2.55. The van der Waals surface area contributed by atoms with Crippen molar-refractivity contribution in [3.63, 3.8) is 0 Å². The third-order valence-corrected chi connectivity index (χ3v) is 2.55. The van der Waals surface area contributed by atoms with Crippen LogP contribution in [0.1, 0.15) is 13.8 Å². The Morgan fingerprint density at radius 2 is 0.640 bits per heavy atom. The zero-order valence-corrected chi connectivity index (χ0v) is 15.2. The second-order valence-corrected chi connectivity index (χ2v) is 4.74. The maximum atomic E-state index is 10.5. The molecule has 0 aromatic rings. The Balaban J connectivity index is 3.00. The highest BCUT2D eigenvalue weighted by atomic mass is 16.6. The van der Waals surface area contributed by atoms with E-state index in [1.54, 1.807) is 0 Å². The van der Waals surface area contributed by atoms with Gasteiger partial charge < -0.3 is 33.2 Å². The molecule has 0 aliphatic rings. The molecule has 0 rings (SSSR count). The number of hydrogen-bond donors (Lipinski definition) is 0. The molecule has 148 valence electrons. The molecule has 0 bridgehead atoms. The molecule has 0 radical (unpaired) electrons. The number of ether oxygens (including phenoxy) is 7. The molecule has 0 atom stereocenters. The molecule has 0 aromatic carbocycles. The quantitative estimate of drug-likeness (QED) is 0.249. The first-order valence-electron chi connectivity index (χ1n) is 8.28. The predicted molar refractivity (Wildman–Crippen MR) is 87.4 cm³/mol. The number of esters is 2. The second-order valence-electron chi connectivity index (χ2n) is 4.74. The molecule has 0 aliphatic heterocycles. The Morgan fingerprint density at radius 1 is 0.440 bits per heavy atom. The highest BCUT2D eigenvalue weighted by molar-refractivity contribution is 5.66. The van der Waals surface area contributed by atoms with Crippen LogP contribution < -0.4 is 0 Å². The van der Waals surface area contributed by atoms with Gasteiger partial charge in [-0.15, -0.1) is 0 Å². The van der Waals surface area contributed by atoms with Crippen molar-refractivity contribution in [1.29, 1.82) is 0 Å². The lowest BCUT2D eigenvalue weighted by Gasteiger charge is -2.08. The average Bonchev–Trinajstić information content (AvgIpc) is 2.56. The van der Waals surface area contributed by atoms with Crippen molar-refractivity contribution in [2.75, 3.05) is 79.3 Å². The lowest BCUT2D eigenvalue weighted by atomic mass is 10.6. The summed E-state index contributed by atoms with van der Waals surface area (Å²) in [6.07, 6.45) is 0. The van der Waals surface area contributed by atoms with Crippen molar-refractivity contribution in [2.24, 2.45) is 0 Å². The Kier molecular flexibility index (Phi) is 18.1. The number of hydrogen-bond acceptors (Lipinski definition) is 9. The van der Waals surface area contributed by atoms with Crippen LogP contribution >= 0.6 is 0 Å². The fourth-order valence-corrected chi connectivity index (χ4v) is 1.47. The van der Waals surface area contributed by atoms with E-state index in [1.165, 1.54) is 13.8 Å². The molecule has 0 heterocycles. The Bertz CT molecular complexity index is 293. The standard InChI is InChI=1S/C16H30O9/c1-15(17)24-13-11-22-9-7-20-5-3-19-4-6-21-8-10-23-12-14-25-16(2)18/h3-14H2,1-2H3. The molecule has 0 saturated heterocycles. The Labute approximate surface area is 148 Å². The third kappa shape index (κ3) is 22.7. The lowest BCUT2D eigenvalue weighted by Crippen LogP contribution is -2.15. The van der Waals surface area contributed by atoms with Crippen molar-refractivity contribution >= 4 is 11.9 Å². The summed E-state index contributed by atoms with van der Waals surface area (Å²) in [6, 6.07) is 0. The molecule has 0 amide bonds. The van der Waals surface area contributed by atoms with Gasteiger partial charge in [0.1, 0.15) is 13.2 Å². The van der Waals surface area contributed by atoms with E-state index in [0.29, 0.717) is 66.1 Å². The van der Waals surface area contributed by atoms with Crippen LogP contribution in [0.2, 0.25) is 0 Å². The first-order valence-corrected chi connectivity index (χ1v) is 8.28. The SMILES string of the molecule is CC(=O)OCCOCCOCCOCCOCCOCCOC(C)=O. The maximum Gasteiger partial charge on any atom is 0.302 e. The van der Waals surface area contributed by atoms with E-state index in [9.17, 15) is 9.59 Å². The van der Waals surface area contributed by atoms with Gasteiger partial charge in [0.15, 0.2) is 0 Å². The zero-order chi connectivity index (χ0) is 18.6. The highest BCUT2D eigenvalue weighted by Gasteiger charge is 1.95. The molecule has 0 spiro atoms. The summed E-state index contributed by atoms with van der Waals surface area (Å²) in [5.74, 6) is -0.625. The van der Waals surface area contributed by atoms with Gasteiger partial charge in [-0.2, -0.15) is 0 Å². The first kappa shape index (κ1) is 23.7. The van der Waals surface area contributed by atoms with Crippen molar-refractivity contribution in [1.82, 2.24) is 0 Å². The highest BCUT2D eigenvalue weighted by Crippen LogP contribution is 1.85. The van der Waals surface area contributed by atoms with Gasteiger partial charge in [-0.3, -0.25) is 9.59 Å². The lowest BCUT2D eigenvalue weighted by molar-refractivity contribution is -0.143. The topological polar surface area (TPSA) is 98.8 Å². The maximum absolute atomic E-state index is 10.5. The summed E-state index contributed by atoms with van der Waals surface area (Å²) in [5.41, 5.74) is 0. The summed E-state index contributed by atoms with van der Waals surface area (Å²) < 4.78 is 35.8. The van der Waals surface area contributed by atoms with Crippen LogP contribution in [0.4, 0.5) is 0 Å². The van der Waals surface area contributed by atoms with Crippen molar-refractivity contribution in [2.45, 2.75) is 13.8 Å².